The van der Waals surface area contributed by atoms with Crippen LogP contribution in [0.5, 0.6) is 11.5 Å². The second-order valence-electron chi connectivity index (χ2n) is 8.21. The molecule has 2 aromatic carbocycles. The number of aromatic hydroxyl groups is 2. The Bertz CT molecular complexity index is 1440. The molecule has 0 atom stereocenters. The van der Waals surface area contributed by atoms with E-state index in [0.29, 0.717) is 0 Å². The van der Waals surface area contributed by atoms with E-state index in [9.17, 15) is 24.6 Å². The Balaban J connectivity index is 2.10. The number of hydrogen-bond acceptors (Lipinski definition) is 7. The van der Waals surface area contributed by atoms with Crippen molar-refractivity contribution in [2.24, 2.45) is 0 Å². The Kier molecular flexibility index (Phi) is 4.92. The number of rotatable bonds is 3. The molecule has 32 heavy (non-hydrogen) atoms. The highest BCUT2D eigenvalue weighted by Crippen LogP contribution is 2.39. The maximum absolute atomic E-state index is 12.9. The van der Waals surface area contributed by atoms with E-state index >= 15 is 0 Å². The average Bonchev–Trinajstić information content (AvgIpc) is 2.70. The molecule has 7 heteroatoms. The number of fused-ring (bicyclic) bond motifs is 2. The highest BCUT2D eigenvalue weighted by atomic mass is 16.4. The fraction of sp³-hybridized carbons (Fsp3) is 0.240. The molecule has 2 heterocycles. The number of aryl methyl sites for hydroxylation is 4. The summed E-state index contributed by atoms with van der Waals surface area (Å²) in [5, 5.41) is 22.4. The third-order valence-electron chi connectivity index (χ3n) is 6.04. The Morgan fingerprint density at radius 2 is 1.06 bits per heavy atom. The van der Waals surface area contributed by atoms with Crippen LogP contribution in [-0.2, 0) is 4.79 Å². The lowest BCUT2D eigenvalue weighted by atomic mass is 9.87. The fourth-order valence-corrected chi connectivity index (χ4v) is 3.97. The van der Waals surface area contributed by atoms with Crippen molar-refractivity contribution < 1.29 is 23.8 Å². The van der Waals surface area contributed by atoms with Crippen LogP contribution in [0.4, 0.5) is 0 Å². The van der Waals surface area contributed by atoms with Gasteiger partial charge in [-0.15, -0.1) is 0 Å². The summed E-state index contributed by atoms with van der Waals surface area (Å²) in [7, 11) is 0. The minimum atomic E-state index is -1.57. The van der Waals surface area contributed by atoms with Gasteiger partial charge in [0.25, 0.3) is 0 Å². The van der Waals surface area contributed by atoms with Gasteiger partial charge in [-0.3, -0.25) is 4.79 Å². The summed E-state index contributed by atoms with van der Waals surface area (Å²) in [5.74, 6) is -3.15. The van der Waals surface area contributed by atoms with Gasteiger partial charge in [0.2, 0.25) is 0 Å². The van der Waals surface area contributed by atoms with E-state index in [4.69, 9.17) is 8.83 Å². The van der Waals surface area contributed by atoms with Gasteiger partial charge in [0, 0.05) is 0 Å². The van der Waals surface area contributed by atoms with Gasteiger partial charge < -0.3 is 19.0 Å². The van der Waals surface area contributed by atoms with Crippen LogP contribution in [0.1, 0.15) is 46.2 Å². The standard InChI is InChI=1S/C25H22O7/c1-10-6-15-17(8-12(10)3)31-24(29)20(22(15)27)19(14(5)26)21-23(28)16-7-11(2)13(4)9-18(16)32-25(21)30/h6-9,19,27-28H,1-5H3. The van der Waals surface area contributed by atoms with Gasteiger partial charge in [0.1, 0.15) is 28.4 Å². The third-order valence-corrected chi connectivity index (χ3v) is 6.04. The molecule has 0 aliphatic rings. The first-order chi connectivity index (χ1) is 15.0. The molecule has 0 fully saturated rings. The quantitative estimate of drug-likeness (QED) is 0.462. The first kappa shape index (κ1) is 21.4. The van der Waals surface area contributed by atoms with E-state index in [1.54, 1.807) is 24.3 Å². The van der Waals surface area contributed by atoms with Crippen molar-refractivity contribution in [2.45, 2.75) is 40.5 Å². The monoisotopic (exact) mass is 434 g/mol. The minimum Gasteiger partial charge on any atom is -0.507 e. The molecule has 2 aromatic heterocycles. The summed E-state index contributed by atoms with van der Waals surface area (Å²) in [6, 6.07) is 6.51. The first-order valence-electron chi connectivity index (χ1n) is 10.1. The van der Waals surface area contributed by atoms with Gasteiger partial charge in [-0.1, -0.05) is 0 Å². The van der Waals surface area contributed by atoms with Crippen LogP contribution in [0.15, 0.2) is 42.7 Å². The first-order valence-corrected chi connectivity index (χ1v) is 10.1. The molecule has 0 spiro atoms. The molecule has 0 radical (unpaired) electrons. The SMILES string of the molecule is CC(=O)C(c1c(O)c2cc(C)c(C)cc2oc1=O)c1c(O)c2cc(C)c(C)cc2oc1=O. The van der Waals surface area contributed by atoms with Crippen LogP contribution in [0.25, 0.3) is 21.9 Å². The van der Waals surface area contributed by atoms with Gasteiger partial charge in [-0.25, -0.2) is 9.59 Å². The van der Waals surface area contributed by atoms with E-state index < -0.39 is 45.6 Å². The Morgan fingerprint density at radius 1 is 0.719 bits per heavy atom. The molecule has 4 rings (SSSR count). The zero-order valence-electron chi connectivity index (χ0n) is 18.3. The van der Waals surface area contributed by atoms with Crippen molar-refractivity contribution in [3.8, 4) is 11.5 Å². The lowest BCUT2D eigenvalue weighted by Gasteiger charge is -2.17. The molecule has 0 saturated carbocycles. The topological polar surface area (TPSA) is 118 Å². The zero-order valence-corrected chi connectivity index (χ0v) is 18.3. The lowest BCUT2D eigenvalue weighted by molar-refractivity contribution is -0.117. The number of carbonyl (C=O) groups excluding carboxylic acids is 1. The van der Waals surface area contributed by atoms with Gasteiger partial charge in [0.15, 0.2) is 0 Å². The maximum atomic E-state index is 12.9. The Hall–Kier alpha value is -3.87. The third kappa shape index (κ3) is 3.17. The van der Waals surface area contributed by atoms with Crippen LogP contribution in [0.3, 0.4) is 0 Å². The lowest BCUT2D eigenvalue weighted by Crippen LogP contribution is -2.25. The molecular formula is C25H22O7. The van der Waals surface area contributed by atoms with Crippen LogP contribution >= 0.6 is 0 Å². The summed E-state index contributed by atoms with van der Waals surface area (Å²) < 4.78 is 10.8. The van der Waals surface area contributed by atoms with Crippen molar-refractivity contribution in [1.29, 1.82) is 0 Å². The molecule has 0 amide bonds. The van der Waals surface area contributed by atoms with Gasteiger partial charge in [0.05, 0.1) is 27.8 Å². The molecule has 164 valence electrons. The number of benzene rings is 2. The van der Waals surface area contributed by atoms with Crippen molar-refractivity contribution in [2.75, 3.05) is 0 Å². The predicted molar refractivity (Wildman–Crippen MR) is 120 cm³/mol. The van der Waals surface area contributed by atoms with Crippen molar-refractivity contribution in [1.82, 2.24) is 0 Å². The summed E-state index contributed by atoms with van der Waals surface area (Å²) in [4.78, 5) is 38.4. The number of Topliss-reactive ketones (excluding diaryl/α,β-unsaturated/α-hetero) is 1. The van der Waals surface area contributed by atoms with E-state index in [-0.39, 0.29) is 21.9 Å². The zero-order chi connectivity index (χ0) is 23.5. The van der Waals surface area contributed by atoms with E-state index in [1.165, 1.54) is 0 Å². The Labute approximate surface area is 182 Å². The minimum absolute atomic E-state index is 0.155. The number of carbonyl (C=O) groups is 1. The van der Waals surface area contributed by atoms with Crippen molar-refractivity contribution in [3.05, 3.63) is 78.5 Å². The summed E-state index contributed by atoms with van der Waals surface area (Å²) in [6.07, 6.45) is 0. The fourth-order valence-electron chi connectivity index (χ4n) is 3.97. The van der Waals surface area contributed by atoms with Gasteiger partial charge in [-0.2, -0.15) is 0 Å². The normalized spacial score (nSPS) is 11.6. The smallest absolute Gasteiger partial charge is 0.344 e. The van der Waals surface area contributed by atoms with E-state index in [0.717, 1.165) is 29.2 Å². The Morgan fingerprint density at radius 3 is 1.41 bits per heavy atom. The summed E-state index contributed by atoms with van der Waals surface area (Å²) >= 11 is 0. The molecule has 4 aromatic rings. The predicted octanol–water partition coefficient (Wildman–Crippen LogP) is 4.27. The van der Waals surface area contributed by atoms with Crippen LogP contribution < -0.4 is 11.3 Å². The average molecular weight is 434 g/mol. The summed E-state index contributed by atoms with van der Waals surface area (Å²) in [5.41, 5.74) is 0.915. The molecule has 0 unspecified atom stereocenters. The molecule has 2 N–H and O–H groups in total. The number of ketones is 1. The van der Waals surface area contributed by atoms with E-state index in [2.05, 4.69) is 0 Å². The van der Waals surface area contributed by atoms with Crippen molar-refractivity contribution >= 4 is 27.7 Å². The molecule has 0 aliphatic carbocycles. The van der Waals surface area contributed by atoms with E-state index in [1.807, 2.05) is 27.7 Å². The van der Waals surface area contributed by atoms with Gasteiger partial charge >= 0.3 is 11.3 Å². The largest absolute Gasteiger partial charge is 0.507 e. The molecule has 7 nitrogen and oxygen atoms in total. The highest BCUT2D eigenvalue weighted by Gasteiger charge is 2.34. The maximum Gasteiger partial charge on any atom is 0.344 e. The van der Waals surface area contributed by atoms with Gasteiger partial charge in [-0.05, 0) is 81.1 Å². The molecule has 0 bridgehead atoms. The number of hydrogen-bond donors (Lipinski definition) is 2. The van der Waals surface area contributed by atoms with Crippen LogP contribution in [0.2, 0.25) is 0 Å². The van der Waals surface area contributed by atoms with Crippen LogP contribution in [0, 0.1) is 27.7 Å². The molecular weight excluding hydrogens is 412 g/mol. The summed E-state index contributed by atoms with van der Waals surface area (Å²) in [6.45, 7) is 8.49. The second-order valence-corrected chi connectivity index (χ2v) is 8.21. The van der Waals surface area contributed by atoms with Crippen molar-refractivity contribution in [3.63, 3.8) is 0 Å². The molecule has 0 saturated heterocycles. The van der Waals surface area contributed by atoms with Crippen LogP contribution in [-0.4, -0.2) is 16.0 Å². The second kappa shape index (κ2) is 7.37. The molecule has 0 aliphatic heterocycles. The highest BCUT2D eigenvalue weighted by molar-refractivity contribution is 5.94.